The van der Waals surface area contributed by atoms with Gasteiger partial charge >= 0.3 is 0 Å². The molecule has 1 N–H and O–H groups in total. The summed E-state index contributed by atoms with van der Waals surface area (Å²) in [6, 6.07) is 7.84. The molecule has 0 aliphatic carbocycles. The third kappa shape index (κ3) is 3.24. The van der Waals surface area contributed by atoms with Gasteiger partial charge in [-0.15, -0.1) is 0 Å². The van der Waals surface area contributed by atoms with E-state index in [2.05, 4.69) is 21.8 Å². The topological polar surface area (TPSA) is 29.9 Å². The minimum Gasteiger partial charge on any atom is -0.352 e. The van der Waals surface area contributed by atoms with Crippen molar-refractivity contribution in [3.05, 3.63) is 47.2 Å². The molecule has 0 aliphatic rings. The number of anilines is 1. The number of aromatic nitrogens is 2. The zero-order valence-electron chi connectivity index (χ0n) is 9.86. The standard InChI is InChI=1S/C13H16ClN3/c1-2-7-17-8-6-15-13(17)16-10-11-4-3-5-12(14)9-11/h3-6,8-9H,2,7,10H2,1H3,(H,15,16). The molecule has 0 bridgehead atoms. The van der Waals surface area contributed by atoms with Crippen LogP contribution in [0.25, 0.3) is 0 Å². The van der Waals surface area contributed by atoms with Crippen molar-refractivity contribution in [2.75, 3.05) is 5.32 Å². The zero-order valence-corrected chi connectivity index (χ0v) is 10.6. The minimum absolute atomic E-state index is 0.737. The van der Waals surface area contributed by atoms with E-state index in [0.717, 1.165) is 36.0 Å². The first-order chi connectivity index (χ1) is 8.29. The Bertz CT molecular complexity index is 479. The van der Waals surface area contributed by atoms with Crippen LogP contribution in [0.3, 0.4) is 0 Å². The predicted molar refractivity (Wildman–Crippen MR) is 71.3 cm³/mol. The summed E-state index contributed by atoms with van der Waals surface area (Å²) in [7, 11) is 0. The summed E-state index contributed by atoms with van der Waals surface area (Å²) in [4.78, 5) is 4.29. The third-order valence-corrected chi connectivity index (χ3v) is 2.75. The third-order valence-electron chi connectivity index (χ3n) is 2.52. The molecular weight excluding hydrogens is 234 g/mol. The number of hydrogen-bond acceptors (Lipinski definition) is 2. The van der Waals surface area contributed by atoms with Crippen molar-refractivity contribution in [1.82, 2.24) is 9.55 Å². The molecule has 0 amide bonds. The van der Waals surface area contributed by atoms with Crippen LogP contribution < -0.4 is 5.32 Å². The van der Waals surface area contributed by atoms with Gasteiger partial charge in [-0.25, -0.2) is 4.98 Å². The average molecular weight is 250 g/mol. The largest absolute Gasteiger partial charge is 0.352 e. The smallest absolute Gasteiger partial charge is 0.203 e. The fraction of sp³-hybridized carbons (Fsp3) is 0.308. The molecule has 1 aromatic heterocycles. The molecule has 0 unspecified atom stereocenters. The number of hydrogen-bond donors (Lipinski definition) is 1. The molecule has 2 aromatic rings. The number of aryl methyl sites for hydroxylation is 1. The van der Waals surface area contributed by atoms with Crippen molar-refractivity contribution in [3.8, 4) is 0 Å². The highest BCUT2D eigenvalue weighted by Crippen LogP contribution is 2.12. The molecule has 90 valence electrons. The van der Waals surface area contributed by atoms with E-state index >= 15 is 0 Å². The summed E-state index contributed by atoms with van der Waals surface area (Å²) < 4.78 is 2.12. The Kier molecular flexibility index (Phi) is 4.04. The van der Waals surface area contributed by atoms with Crippen LogP contribution in [0.15, 0.2) is 36.7 Å². The van der Waals surface area contributed by atoms with E-state index in [9.17, 15) is 0 Å². The van der Waals surface area contributed by atoms with E-state index in [0.29, 0.717) is 0 Å². The normalized spacial score (nSPS) is 10.5. The minimum atomic E-state index is 0.737. The number of imidazole rings is 1. The highest BCUT2D eigenvalue weighted by Gasteiger charge is 2.01. The molecule has 0 spiro atoms. The number of benzene rings is 1. The van der Waals surface area contributed by atoms with Gasteiger partial charge in [-0.1, -0.05) is 30.7 Å². The second-order valence-electron chi connectivity index (χ2n) is 3.93. The van der Waals surface area contributed by atoms with Crippen molar-refractivity contribution in [2.24, 2.45) is 0 Å². The van der Waals surface area contributed by atoms with Gasteiger partial charge in [0.2, 0.25) is 5.95 Å². The highest BCUT2D eigenvalue weighted by molar-refractivity contribution is 6.30. The Hall–Kier alpha value is -1.48. The Balaban J connectivity index is 1.99. The zero-order chi connectivity index (χ0) is 12.1. The molecule has 1 aromatic carbocycles. The van der Waals surface area contributed by atoms with Gasteiger partial charge in [-0.05, 0) is 24.1 Å². The van der Waals surface area contributed by atoms with Gasteiger partial charge in [0.25, 0.3) is 0 Å². The van der Waals surface area contributed by atoms with Crippen molar-refractivity contribution >= 4 is 17.5 Å². The van der Waals surface area contributed by atoms with Gasteiger partial charge < -0.3 is 9.88 Å². The second kappa shape index (κ2) is 5.73. The molecule has 0 fully saturated rings. The maximum Gasteiger partial charge on any atom is 0.203 e. The Morgan fingerprint density at radius 1 is 1.41 bits per heavy atom. The summed E-state index contributed by atoms with van der Waals surface area (Å²) >= 11 is 5.94. The summed E-state index contributed by atoms with van der Waals surface area (Å²) in [5.41, 5.74) is 1.16. The van der Waals surface area contributed by atoms with Crippen LogP contribution >= 0.6 is 11.6 Å². The molecular formula is C13H16ClN3. The molecule has 0 radical (unpaired) electrons. The van der Waals surface area contributed by atoms with Gasteiger partial charge in [0.05, 0.1) is 0 Å². The van der Waals surface area contributed by atoms with Gasteiger partial charge in [0.1, 0.15) is 0 Å². The summed E-state index contributed by atoms with van der Waals surface area (Å²) in [5.74, 6) is 0.909. The fourth-order valence-corrected chi connectivity index (χ4v) is 1.94. The van der Waals surface area contributed by atoms with Crippen LogP contribution in [-0.2, 0) is 13.1 Å². The second-order valence-corrected chi connectivity index (χ2v) is 4.36. The van der Waals surface area contributed by atoms with E-state index in [1.807, 2.05) is 36.7 Å². The van der Waals surface area contributed by atoms with Crippen molar-refractivity contribution in [2.45, 2.75) is 26.4 Å². The van der Waals surface area contributed by atoms with Gasteiger partial charge in [-0.2, -0.15) is 0 Å². The van der Waals surface area contributed by atoms with Crippen LogP contribution in [0.4, 0.5) is 5.95 Å². The molecule has 0 aliphatic heterocycles. The predicted octanol–water partition coefficient (Wildman–Crippen LogP) is 3.56. The van der Waals surface area contributed by atoms with E-state index < -0.39 is 0 Å². The maximum atomic E-state index is 5.94. The first-order valence-corrected chi connectivity index (χ1v) is 6.17. The first kappa shape index (κ1) is 12.0. The van der Waals surface area contributed by atoms with E-state index in [1.54, 1.807) is 0 Å². The number of halogens is 1. The van der Waals surface area contributed by atoms with Crippen molar-refractivity contribution in [1.29, 1.82) is 0 Å². The summed E-state index contributed by atoms with van der Waals surface area (Å²) in [5, 5.41) is 4.08. The van der Waals surface area contributed by atoms with E-state index in [-0.39, 0.29) is 0 Å². The molecule has 0 saturated heterocycles. The van der Waals surface area contributed by atoms with Crippen LogP contribution in [-0.4, -0.2) is 9.55 Å². The van der Waals surface area contributed by atoms with E-state index in [4.69, 9.17) is 11.6 Å². The highest BCUT2D eigenvalue weighted by atomic mass is 35.5. The molecule has 2 rings (SSSR count). The Morgan fingerprint density at radius 3 is 3.06 bits per heavy atom. The van der Waals surface area contributed by atoms with Crippen LogP contribution in [0.2, 0.25) is 5.02 Å². The van der Waals surface area contributed by atoms with Crippen molar-refractivity contribution in [3.63, 3.8) is 0 Å². The quantitative estimate of drug-likeness (QED) is 0.878. The van der Waals surface area contributed by atoms with Crippen LogP contribution in [0.1, 0.15) is 18.9 Å². The lowest BCUT2D eigenvalue weighted by atomic mass is 10.2. The fourth-order valence-electron chi connectivity index (χ4n) is 1.73. The first-order valence-electron chi connectivity index (χ1n) is 5.79. The van der Waals surface area contributed by atoms with Crippen LogP contribution in [0.5, 0.6) is 0 Å². The van der Waals surface area contributed by atoms with Gasteiger partial charge in [0.15, 0.2) is 0 Å². The Morgan fingerprint density at radius 2 is 2.29 bits per heavy atom. The number of nitrogens with zero attached hydrogens (tertiary/aromatic N) is 2. The summed E-state index contributed by atoms with van der Waals surface area (Å²) in [6.07, 6.45) is 4.90. The maximum absolute atomic E-state index is 5.94. The molecule has 0 saturated carbocycles. The molecule has 1 heterocycles. The van der Waals surface area contributed by atoms with Crippen molar-refractivity contribution < 1.29 is 0 Å². The molecule has 3 nitrogen and oxygen atoms in total. The lowest BCUT2D eigenvalue weighted by Gasteiger charge is -2.08. The molecule has 17 heavy (non-hydrogen) atoms. The Labute approximate surface area is 106 Å². The van der Waals surface area contributed by atoms with Crippen LogP contribution in [0, 0.1) is 0 Å². The lowest BCUT2D eigenvalue weighted by molar-refractivity contribution is 0.682. The monoisotopic (exact) mass is 249 g/mol. The molecule has 0 atom stereocenters. The van der Waals surface area contributed by atoms with E-state index in [1.165, 1.54) is 0 Å². The average Bonchev–Trinajstić information content (AvgIpc) is 2.75. The lowest BCUT2D eigenvalue weighted by Crippen LogP contribution is -2.07. The molecule has 4 heteroatoms. The summed E-state index contributed by atoms with van der Waals surface area (Å²) in [6.45, 7) is 3.87. The SMILES string of the molecule is CCCn1ccnc1NCc1cccc(Cl)c1. The number of nitrogens with one attached hydrogen (secondary N) is 1. The van der Waals surface area contributed by atoms with Gasteiger partial charge in [0, 0.05) is 30.5 Å². The number of rotatable bonds is 5. The van der Waals surface area contributed by atoms with Gasteiger partial charge in [-0.3, -0.25) is 0 Å².